The summed E-state index contributed by atoms with van der Waals surface area (Å²) in [5, 5.41) is 14.2. The van der Waals surface area contributed by atoms with Crippen molar-refractivity contribution in [3.63, 3.8) is 0 Å². The van der Waals surface area contributed by atoms with Gasteiger partial charge in [-0.05, 0) is 40.5 Å². The summed E-state index contributed by atoms with van der Waals surface area (Å²) in [6, 6.07) is 19.0. The van der Waals surface area contributed by atoms with Crippen LogP contribution >= 0.6 is 0 Å². The van der Waals surface area contributed by atoms with Crippen LogP contribution in [0.25, 0.3) is 11.1 Å². The van der Waals surface area contributed by atoms with Crippen LogP contribution in [-0.2, 0) is 9.53 Å². The summed E-state index contributed by atoms with van der Waals surface area (Å²) in [6.07, 6.45) is -0.668. The Kier molecular flexibility index (Phi) is 6.58. The highest BCUT2D eigenvalue weighted by molar-refractivity contribution is 6.01. The third-order valence-corrected chi connectivity index (χ3v) is 5.81. The van der Waals surface area contributed by atoms with E-state index in [-0.39, 0.29) is 30.3 Å². The molecule has 174 valence electrons. The van der Waals surface area contributed by atoms with Crippen molar-refractivity contribution in [2.45, 2.75) is 12.8 Å². The quantitative estimate of drug-likeness (QED) is 0.475. The molecular formula is C26H23FN2O5. The van der Waals surface area contributed by atoms with Crippen molar-refractivity contribution in [1.29, 1.82) is 0 Å². The molecule has 4 rings (SSSR count). The van der Waals surface area contributed by atoms with Crippen molar-refractivity contribution in [2.75, 3.05) is 18.5 Å². The molecule has 0 spiro atoms. The molecule has 0 saturated heterocycles. The molecule has 2 amide bonds. The van der Waals surface area contributed by atoms with Crippen molar-refractivity contribution < 1.29 is 28.6 Å². The minimum atomic E-state index is -1.29. The monoisotopic (exact) mass is 462 g/mol. The molecule has 1 atom stereocenters. The van der Waals surface area contributed by atoms with Crippen molar-refractivity contribution in [3.8, 4) is 11.1 Å². The number of hydrogen-bond acceptors (Lipinski definition) is 4. The lowest BCUT2D eigenvalue weighted by atomic mass is 9.98. The Balaban J connectivity index is 1.32. The third-order valence-electron chi connectivity index (χ3n) is 5.81. The molecule has 8 heteroatoms. The minimum absolute atomic E-state index is 0.0414. The van der Waals surface area contributed by atoms with Gasteiger partial charge in [-0.15, -0.1) is 0 Å². The van der Waals surface area contributed by atoms with Gasteiger partial charge in [0, 0.05) is 12.5 Å². The summed E-state index contributed by atoms with van der Waals surface area (Å²) >= 11 is 0. The summed E-state index contributed by atoms with van der Waals surface area (Å²) in [5.41, 5.74) is 4.05. The van der Waals surface area contributed by atoms with Crippen molar-refractivity contribution in [3.05, 3.63) is 89.2 Å². The smallest absolute Gasteiger partial charge is 0.407 e. The van der Waals surface area contributed by atoms with Gasteiger partial charge in [0.05, 0.1) is 17.2 Å². The molecular weight excluding hydrogens is 439 g/mol. The van der Waals surface area contributed by atoms with E-state index in [4.69, 9.17) is 4.74 Å². The van der Waals surface area contributed by atoms with Crippen molar-refractivity contribution in [1.82, 2.24) is 5.32 Å². The van der Waals surface area contributed by atoms with E-state index >= 15 is 0 Å². The van der Waals surface area contributed by atoms with Crippen LogP contribution in [0, 0.1) is 11.7 Å². The lowest BCUT2D eigenvalue weighted by molar-refractivity contribution is -0.119. The molecule has 0 aromatic heterocycles. The number of carboxylic acid groups (broad SMARTS) is 1. The van der Waals surface area contributed by atoms with Gasteiger partial charge in [-0.1, -0.05) is 55.5 Å². The van der Waals surface area contributed by atoms with E-state index in [9.17, 15) is 23.9 Å². The van der Waals surface area contributed by atoms with Gasteiger partial charge in [-0.2, -0.15) is 0 Å². The van der Waals surface area contributed by atoms with E-state index in [1.165, 1.54) is 0 Å². The second-order valence-electron chi connectivity index (χ2n) is 8.09. The second-order valence-corrected chi connectivity index (χ2v) is 8.09. The standard InChI is InChI=1S/C26H23FN2O5/c1-15(24(30)29-23-12-16(27)10-11-21(23)25(31)32)13-28-26(33)34-14-22-19-8-4-2-6-17(19)18-7-3-5-9-20(18)22/h2-12,15,22H,13-14H2,1H3,(H,28,33)(H,29,30)(H,31,32). The number of benzene rings is 3. The first-order chi connectivity index (χ1) is 16.3. The largest absolute Gasteiger partial charge is 0.478 e. The van der Waals surface area contributed by atoms with Crippen LogP contribution < -0.4 is 10.6 Å². The van der Waals surface area contributed by atoms with Gasteiger partial charge in [0.2, 0.25) is 5.91 Å². The number of halogens is 1. The molecule has 0 heterocycles. The zero-order valence-electron chi connectivity index (χ0n) is 18.4. The van der Waals surface area contributed by atoms with E-state index in [1.54, 1.807) is 6.92 Å². The number of amides is 2. The fourth-order valence-corrected chi connectivity index (χ4v) is 4.04. The number of nitrogens with one attached hydrogen (secondary N) is 2. The fourth-order valence-electron chi connectivity index (χ4n) is 4.04. The molecule has 1 aliphatic carbocycles. The molecule has 3 aromatic rings. The molecule has 7 nitrogen and oxygen atoms in total. The Labute approximate surface area is 195 Å². The Morgan fingerprint density at radius 1 is 1.00 bits per heavy atom. The lowest BCUT2D eigenvalue weighted by Gasteiger charge is -2.16. The predicted octanol–water partition coefficient (Wildman–Crippen LogP) is 4.64. The number of carboxylic acids is 1. The Bertz CT molecular complexity index is 1210. The number of carbonyl (C=O) groups excluding carboxylic acids is 2. The molecule has 1 aliphatic rings. The highest BCUT2D eigenvalue weighted by Gasteiger charge is 2.29. The second kappa shape index (κ2) is 9.74. The van der Waals surface area contributed by atoms with E-state index in [0.717, 1.165) is 40.5 Å². The van der Waals surface area contributed by atoms with Crippen LogP contribution in [-0.4, -0.2) is 36.2 Å². The van der Waals surface area contributed by atoms with Crippen LogP contribution in [0.5, 0.6) is 0 Å². The molecule has 0 bridgehead atoms. The van der Waals surface area contributed by atoms with Crippen LogP contribution in [0.1, 0.15) is 34.3 Å². The SMILES string of the molecule is CC(CNC(=O)OCC1c2ccccc2-c2ccccc21)C(=O)Nc1cc(F)ccc1C(=O)O. The van der Waals surface area contributed by atoms with Gasteiger partial charge >= 0.3 is 12.1 Å². The summed E-state index contributed by atoms with van der Waals surface area (Å²) in [6.45, 7) is 1.66. The molecule has 3 N–H and O–H groups in total. The maximum Gasteiger partial charge on any atom is 0.407 e. The maximum absolute atomic E-state index is 13.5. The van der Waals surface area contributed by atoms with Gasteiger partial charge in [-0.3, -0.25) is 4.79 Å². The first-order valence-corrected chi connectivity index (χ1v) is 10.8. The number of carbonyl (C=O) groups is 3. The maximum atomic E-state index is 13.5. The van der Waals surface area contributed by atoms with Crippen LogP contribution in [0.4, 0.5) is 14.9 Å². The highest BCUT2D eigenvalue weighted by Crippen LogP contribution is 2.44. The summed E-state index contributed by atoms with van der Waals surface area (Å²) in [7, 11) is 0. The number of fused-ring (bicyclic) bond motifs is 3. The van der Waals surface area contributed by atoms with Crippen molar-refractivity contribution >= 4 is 23.7 Å². The first kappa shape index (κ1) is 23.0. The van der Waals surface area contributed by atoms with Gasteiger partial charge in [0.15, 0.2) is 0 Å². The molecule has 0 aliphatic heterocycles. The fraction of sp³-hybridized carbons (Fsp3) is 0.192. The van der Waals surface area contributed by atoms with E-state index < -0.39 is 29.7 Å². The molecule has 0 fully saturated rings. The zero-order chi connectivity index (χ0) is 24.2. The van der Waals surface area contributed by atoms with Crippen LogP contribution in [0.3, 0.4) is 0 Å². The van der Waals surface area contributed by atoms with Gasteiger partial charge in [0.1, 0.15) is 12.4 Å². The summed E-state index contributed by atoms with van der Waals surface area (Å²) in [4.78, 5) is 36.0. The van der Waals surface area contributed by atoms with E-state index in [0.29, 0.717) is 0 Å². The molecule has 34 heavy (non-hydrogen) atoms. The Hall–Kier alpha value is -4.20. The highest BCUT2D eigenvalue weighted by atomic mass is 19.1. The van der Waals surface area contributed by atoms with Crippen LogP contribution in [0.2, 0.25) is 0 Å². The Morgan fingerprint density at radius 3 is 2.24 bits per heavy atom. The number of ether oxygens (including phenoxy) is 1. The summed E-state index contributed by atoms with van der Waals surface area (Å²) in [5.74, 6) is -3.33. The topological polar surface area (TPSA) is 105 Å². The number of anilines is 1. The van der Waals surface area contributed by atoms with Gasteiger partial charge in [0.25, 0.3) is 0 Å². The molecule has 0 radical (unpaired) electrons. The number of hydrogen-bond donors (Lipinski definition) is 3. The number of alkyl carbamates (subject to hydrolysis) is 1. The average molecular weight is 462 g/mol. The normalized spacial score (nSPS) is 12.9. The van der Waals surface area contributed by atoms with Gasteiger partial charge < -0.3 is 20.5 Å². The predicted molar refractivity (Wildman–Crippen MR) is 124 cm³/mol. The Morgan fingerprint density at radius 2 is 1.62 bits per heavy atom. The molecule has 0 saturated carbocycles. The third kappa shape index (κ3) is 4.76. The summed E-state index contributed by atoms with van der Waals surface area (Å²) < 4.78 is 18.9. The average Bonchev–Trinajstić information content (AvgIpc) is 3.14. The molecule has 1 unspecified atom stereocenters. The zero-order valence-corrected chi connectivity index (χ0v) is 18.4. The van der Waals surface area contributed by atoms with E-state index in [2.05, 4.69) is 10.6 Å². The minimum Gasteiger partial charge on any atom is -0.478 e. The molecule has 3 aromatic carbocycles. The van der Waals surface area contributed by atoms with Crippen LogP contribution in [0.15, 0.2) is 66.7 Å². The number of rotatable bonds is 7. The van der Waals surface area contributed by atoms with Crippen molar-refractivity contribution in [2.24, 2.45) is 5.92 Å². The van der Waals surface area contributed by atoms with E-state index in [1.807, 2.05) is 48.5 Å². The number of aromatic carboxylic acids is 1. The lowest BCUT2D eigenvalue weighted by Crippen LogP contribution is -2.35. The first-order valence-electron chi connectivity index (χ1n) is 10.8. The van der Waals surface area contributed by atoms with Gasteiger partial charge in [-0.25, -0.2) is 14.0 Å².